The van der Waals surface area contributed by atoms with E-state index in [-0.39, 0.29) is 16.6 Å². The molecule has 8 rings (SSSR count). The topological polar surface area (TPSA) is 101 Å². The summed E-state index contributed by atoms with van der Waals surface area (Å²) in [4.78, 5) is 18.3. The first-order valence-electron chi connectivity index (χ1n) is 24.1. The highest BCUT2D eigenvalue weighted by Crippen LogP contribution is 2.46. The van der Waals surface area contributed by atoms with Crippen molar-refractivity contribution in [1.29, 1.82) is 0 Å². The molecular weight excluding hydrogens is 845 g/mol. The van der Waals surface area contributed by atoms with Crippen molar-refractivity contribution < 1.29 is 14.3 Å². The zero-order valence-electron chi connectivity index (χ0n) is 37.8. The Morgan fingerprint density at radius 1 is 0.692 bits per heavy atom. The fraction of sp³-hybridized carbons (Fsp3) is 0.444. The highest BCUT2D eigenvalue weighted by Gasteiger charge is 2.36. The molecule has 4 aromatic rings. The zero-order valence-corrected chi connectivity index (χ0v) is 39.4. The molecule has 1 saturated heterocycles. The molecule has 340 valence electrons. The molecule has 65 heavy (non-hydrogen) atoms. The van der Waals surface area contributed by atoms with Crippen LogP contribution in [-0.2, 0) is 16.0 Å². The molecule has 2 unspecified atom stereocenters. The van der Waals surface area contributed by atoms with Gasteiger partial charge in [0.05, 0.1) is 29.8 Å². The Morgan fingerprint density at radius 2 is 1.34 bits per heavy atom. The average molecular weight is 909 g/mol. The fourth-order valence-corrected chi connectivity index (χ4v) is 11.5. The molecule has 3 aliphatic heterocycles. The van der Waals surface area contributed by atoms with Gasteiger partial charge in [-0.2, -0.15) is 5.11 Å². The van der Waals surface area contributed by atoms with Crippen molar-refractivity contribution in [1.82, 2.24) is 0 Å². The first-order valence-corrected chi connectivity index (χ1v) is 25.8. The summed E-state index contributed by atoms with van der Waals surface area (Å²) < 4.78 is 11.1. The van der Waals surface area contributed by atoms with Crippen LogP contribution in [0.2, 0.25) is 0 Å². The number of anilines is 1. The van der Waals surface area contributed by atoms with Gasteiger partial charge >= 0.3 is 5.97 Å². The number of unbranched alkanes of at least 4 members (excludes halogenated alkanes) is 6. The van der Waals surface area contributed by atoms with Crippen LogP contribution in [0.1, 0.15) is 113 Å². The van der Waals surface area contributed by atoms with Crippen LogP contribution in [0.3, 0.4) is 0 Å². The second-order valence-corrected chi connectivity index (χ2v) is 20.0. The van der Waals surface area contributed by atoms with Crippen LogP contribution in [0.5, 0.6) is 5.75 Å². The van der Waals surface area contributed by atoms with E-state index in [1.807, 2.05) is 36.4 Å². The van der Waals surface area contributed by atoms with E-state index in [4.69, 9.17) is 14.5 Å². The van der Waals surface area contributed by atoms with Crippen molar-refractivity contribution in [3.63, 3.8) is 0 Å². The van der Waals surface area contributed by atoms with Gasteiger partial charge in [0.2, 0.25) is 5.17 Å². The van der Waals surface area contributed by atoms with E-state index in [9.17, 15) is 4.79 Å². The van der Waals surface area contributed by atoms with Gasteiger partial charge in [-0.15, -0.1) is 15.3 Å². The van der Waals surface area contributed by atoms with Crippen molar-refractivity contribution in [3.05, 3.63) is 132 Å². The summed E-state index contributed by atoms with van der Waals surface area (Å²) in [6.07, 6.45) is 22.8. The monoisotopic (exact) mass is 908 g/mol. The smallest absolute Gasteiger partial charge is 0.330 e. The van der Waals surface area contributed by atoms with Crippen molar-refractivity contribution in [3.8, 4) is 16.9 Å². The number of azo groups is 2. The predicted molar refractivity (Wildman–Crippen MR) is 270 cm³/mol. The quantitative estimate of drug-likeness (QED) is 0.0337. The van der Waals surface area contributed by atoms with E-state index < -0.39 is 0 Å². The lowest BCUT2D eigenvalue weighted by molar-refractivity contribution is -0.137. The normalized spacial score (nSPS) is 20.6. The number of carbonyl (C=O) groups is 1. The van der Waals surface area contributed by atoms with Crippen molar-refractivity contribution in [2.75, 3.05) is 31.2 Å². The molecule has 0 N–H and O–H groups in total. The lowest BCUT2D eigenvalue weighted by Gasteiger charge is -2.29. The molecule has 1 aliphatic carbocycles. The van der Waals surface area contributed by atoms with Gasteiger partial charge in [0.25, 0.3) is 0 Å². The number of rotatable bonds is 22. The zero-order chi connectivity index (χ0) is 44.5. The van der Waals surface area contributed by atoms with Crippen LogP contribution in [0.4, 0.5) is 17.1 Å². The number of hydrogen-bond acceptors (Lipinski definition) is 11. The number of hydrogen-bond donors (Lipinski definition) is 0. The Kier molecular flexibility index (Phi) is 17.5. The summed E-state index contributed by atoms with van der Waals surface area (Å²) in [6.45, 7) is 6.94. The van der Waals surface area contributed by atoms with Crippen LogP contribution in [0.25, 0.3) is 11.1 Å². The molecule has 3 heterocycles. The van der Waals surface area contributed by atoms with Crippen LogP contribution in [0, 0.1) is 5.92 Å². The minimum atomic E-state index is -0.316. The number of ether oxygens (including phenoxy) is 2. The molecule has 2 atom stereocenters. The number of amidine groups is 1. The van der Waals surface area contributed by atoms with Gasteiger partial charge in [0.1, 0.15) is 16.2 Å². The highest BCUT2D eigenvalue weighted by atomic mass is 32.2. The van der Waals surface area contributed by atoms with Crippen molar-refractivity contribution >= 4 is 51.7 Å². The minimum Gasteiger partial charge on any atom is -0.494 e. The highest BCUT2D eigenvalue weighted by molar-refractivity contribution is 8.16. The largest absolute Gasteiger partial charge is 0.494 e. The van der Waals surface area contributed by atoms with E-state index in [1.54, 1.807) is 23.5 Å². The number of aryl methyl sites for hydroxylation is 1. The van der Waals surface area contributed by atoms with E-state index in [2.05, 4.69) is 98.7 Å². The van der Waals surface area contributed by atoms with Crippen LogP contribution in [0.15, 0.2) is 146 Å². The Balaban J connectivity index is 0.655. The summed E-state index contributed by atoms with van der Waals surface area (Å²) in [5.41, 5.74) is 8.40. The molecule has 0 spiro atoms. The fourth-order valence-electron chi connectivity index (χ4n) is 9.23. The van der Waals surface area contributed by atoms with Gasteiger partial charge in [-0.25, -0.2) is 9.79 Å². The van der Waals surface area contributed by atoms with E-state index in [0.717, 1.165) is 73.3 Å². The maximum atomic E-state index is 11.1. The Bertz CT molecular complexity index is 2250. The number of carbonyl (C=O) groups excluding carboxylic acids is 1. The van der Waals surface area contributed by atoms with Crippen LogP contribution in [-0.4, -0.2) is 48.1 Å². The first kappa shape index (κ1) is 46.5. The molecule has 0 radical (unpaired) electrons. The van der Waals surface area contributed by atoms with Crippen LogP contribution >= 0.6 is 23.5 Å². The van der Waals surface area contributed by atoms with Gasteiger partial charge in [-0.1, -0.05) is 117 Å². The third-order valence-electron chi connectivity index (χ3n) is 13.0. The summed E-state index contributed by atoms with van der Waals surface area (Å²) >= 11 is 3.25. The van der Waals surface area contributed by atoms with Crippen LogP contribution < -0.4 is 9.64 Å². The molecule has 0 amide bonds. The maximum absolute atomic E-state index is 11.1. The second kappa shape index (κ2) is 24.5. The Hall–Kier alpha value is -5.00. The molecule has 11 heteroatoms. The van der Waals surface area contributed by atoms with Gasteiger partial charge in [0, 0.05) is 24.9 Å². The average Bonchev–Trinajstić information content (AvgIpc) is 4.12. The SMILES string of the molecule is C=CC(=O)OCCCCCCC1CCC(c2ccc(-c3ccc(CCCCCCOc4ccc(N=NC5=CC6SC(N=Nc7ccc(N8CCCC8)cc7)=NC6S5)cc4)cc3)cc2)CC1. The molecule has 4 aromatic carbocycles. The molecule has 1 saturated carbocycles. The van der Waals surface area contributed by atoms with E-state index in [1.165, 1.54) is 105 Å². The van der Waals surface area contributed by atoms with Gasteiger partial charge in [-0.3, -0.25) is 0 Å². The minimum absolute atomic E-state index is 0.0581. The van der Waals surface area contributed by atoms with E-state index >= 15 is 0 Å². The predicted octanol–water partition coefficient (Wildman–Crippen LogP) is 15.3. The van der Waals surface area contributed by atoms with Crippen molar-refractivity contribution in [2.45, 2.75) is 119 Å². The molecule has 0 aromatic heterocycles. The van der Waals surface area contributed by atoms with Gasteiger partial charge < -0.3 is 14.4 Å². The molecule has 9 nitrogen and oxygen atoms in total. The van der Waals surface area contributed by atoms with E-state index in [0.29, 0.717) is 24.3 Å². The van der Waals surface area contributed by atoms with Gasteiger partial charge in [-0.05, 0) is 153 Å². The summed E-state index contributed by atoms with van der Waals surface area (Å²) in [7, 11) is 0. The third kappa shape index (κ3) is 14.2. The number of thioether (sulfide) groups is 2. The lowest BCUT2D eigenvalue weighted by Crippen LogP contribution is -2.17. The number of aliphatic imine (C=N–C) groups is 1. The second-order valence-electron chi connectivity index (χ2n) is 17.7. The maximum Gasteiger partial charge on any atom is 0.330 e. The lowest BCUT2D eigenvalue weighted by atomic mass is 9.77. The molecule has 0 bridgehead atoms. The van der Waals surface area contributed by atoms with Gasteiger partial charge in [0.15, 0.2) is 0 Å². The standard InChI is InChI=1S/C54H64N6O3S2/c1-2-52(61)63-38-12-6-4-8-14-41-17-21-43(22-18-41)45-25-23-44(24-26-45)42-19-15-40(16-20-42)13-7-3-5-11-37-62-49-33-29-47(30-34-49)56-58-51-39-50-53(65-51)55-54(64-50)59-57-46-27-31-48(32-28-46)60-35-9-10-36-60/h2,15-16,19-20,23-34,39,41,43,50,53H,1,3-14,17-18,21-22,35-38H2. The number of benzene rings is 4. The molecule has 2 fully saturated rings. The Labute approximate surface area is 394 Å². The first-order chi connectivity index (χ1) is 32.0. The Morgan fingerprint density at radius 3 is 2.05 bits per heavy atom. The van der Waals surface area contributed by atoms with Crippen molar-refractivity contribution in [2.24, 2.45) is 31.4 Å². The summed E-state index contributed by atoms with van der Waals surface area (Å²) in [5.74, 6) is 2.10. The number of fused-ring (bicyclic) bond motifs is 1. The molecule has 4 aliphatic rings. The third-order valence-corrected chi connectivity index (χ3v) is 15.4. The number of nitrogens with zero attached hydrogens (tertiary/aromatic N) is 6. The number of esters is 1. The summed E-state index contributed by atoms with van der Waals surface area (Å²) in [6, 6.07) is 34.7. The summed E-state index contributed by atoms with van der Waals surface area (Å²) in [5, 5.41) is 19.7. The molecular formula is C54H64N6O3S2.